The average molecular weight is 465 g/mol. The van der Waals surface area contributed by atoms with Crippen molar-refractivity contribution in [1.29, 1.82) is 0 Å². The van der Waals surface area contributed by atoms with Crippen LogP contribution in [0.1, 0.15) is 18.0 Å². The largest absolute Gasteiger partial charge is 0.497 e. The minimum atomic E-state index is 0. The number of fused-ring (bicyclic) bond motifs is 4. The molecule has 0 radical (unpaired) electrons. The molecule has 0 amide bonds. The van der Waals surface area contributed by atoms with Gasteiger partial charge in [0.25, 0.3) is 5.56 Å². The first-order chi connectivity index (χ1) is 14.2. The number of methoxy groups -OCH3 is 2. The van der Waals surface area contributed by atoms with Gasteiger partial charge in [-0.25, -0.2) is 4.98 Å². The Balaban J connectivity index is 0.00000136. The molecule has 1 N–H and O–H groups in total. The number of benzene rings is 1. The Morgan fingerprint density at radius 1 is 1.10 bits per heavy atom. The first-order valence-corrected chi connectivity index (χ1v) is 9.90. The van der Waals surface area contributed by atoms with E-state index in [-0.39, 0.29) is 30.4 Å². The number of pyridine rings is 1. The lowest BCUT2D eigenvalue weighted by Gasteiger charge is -2.37. The third kappa shape index (κ3) is 3.93. The number of rotatable bonds is 4. The fraction of sp³-hybridized carbons (Fsp3) is 0.364. The van der Waals surface area contributed by atoms with E-state index in [4.69, 9.17) is 9.47 Å². The molecule has 0 unspecified atom stereocenters. The maximum atomic E-state index is 13.4. The Morgan fingerprint density at radius 2 is 1.94 bits per heavy atom. The summed E-state index contributed by atoms with van der Waals surface area (Å²) in [6.45, 7) is 2.68. The fourth-order valence-electron chi connectivity index (χ4n) is 4.64. The molecule has 2 aliphatic heterocycles. The molecule has 2 aromatic heterocycles. The van der Waals surface area contributed by atoms with Crippen LogP contribution in [-0.2, 0) is 6.54 Å². The van der Waals surface area contributed by atoms with Gasteiger partial charge in [0.1, 0.15) is 17.3 Å². The van der Waals surface area contributed by atoms with E-state index in [1.54, 1.807) is 20.4 Å². The molecular formula is C22H26Cl2N4O3. The Hall–Kier alpha value is -2.48. The molecular weight excluding hydrogens is 439 g/mol. The van der Waals surface area contributed by atoms with E-state index in [1.165, 1.54) is 0 Å². The first kappa shape index (κ1) is 23.2. The summed E-state index contributed by atoms with van der Waals surface area (Å²) in [7, 11) is 3.24. The van der Waals surface area contributed by atoms with Crippen molar-refractivity contribution in [2.24, 2.45) is 5.92 Å². The number of ether oxygens (including phenoxy) is 2. The van der Waals surface area contributed by atoms with Crippen molar-refractivity contribution in [3.05, 3.63) is 58.8 Å². The van der Waals surface area contributed by atoms with Gasteiger partial charge in [0.2, 0.25) is 0 Å². The van der Waals surface area contributed by atoms with Gasteiger partial charge in [0, 0.05) is 43.2 Å². The summed E-state index contributed by atoms with van der Waals surface area (Å²) < 4.78 is 14.7. The molecule has 0 aliphatic carbocycles. The van der Waals surface area contributed by atoms with Crippen molar-refractivity contribution in [2.75, 3.05) is 27.3 Å². The molecule has 0 spiro atoms. The van der Waals surface area contributed by atoms with E-state index in [1.807, 2.05) is 39.6 Å². The van der Waals surface area contributed by atoms with E-state index in [0.29, 0.717) is 34.7 Å². The quantitative estimate of drug-likeness (QED) is 0.641. The van der Waals surface area contributed by atoms with Crippen molar-refractivity contribution in [3.8, 4) is 28.6 Å². The van der Waals surface area contributed by atoms with Crippen molar-refractivity contribution >= 4 is 24.8 Å². The van der Waals surface area contributed by atoms with Crippen LogP contribution in [0.15, 0.2) is 47.5 Å². The molecule has 1 saturated heterocycles. The molecule has 4 heterocycles. The summed E-state index contributed by atoms with van der Waals surface area (Å²) >= 11 is 0. The lowest BCUT2D eigenvalue weighted by Crippen LogP contribution is -2.45. The Labute approximate surface area is 193 Å². The summed E-state index contributed by atoms with van der Waals surface area (Å²) in [5.74, 6) is 2.90. The number of halogens is 2. The lowest BCUT2D eigenvalue weighted by molar-refractivity contribution is 0.257. The van der Waals surface area contributed by atoms with Crippen LogP contribution in [0.4, 0.5) is 0 Å². The number of hydrogen-bond donors (Lipinski definition) is 1. The second kappa shape index (κ2) is 9.34. The molecule has 1 fully saturated rings. The van der Waals surface area contributed by atoms with E-state index in [2.05, 4.69) is 16.4 Å². The summed E-state index contributed by atoms with van der Waals surface area (Å²) in [5, 5.41) is 3.49. The van der Waals surface area contributed by atoms with Crippen LogP contribution in [0.25, 0.3) is 17.1 Å². The monoisotopic (exact) mass is 464 g/mol. The maximum absolute atomic E-state index is 13.4. The number of nitrogens with zero attached hydrogens (tertiary/aromatic N) is 3. The summed E-state index contributed by atoms with van der Waals surface area (Å²) in [5.41, 5.74) is 2.56. The van der Waals surface area contributed by atoms with Crippen LogP contribution in [0.3, 0.4) is 0 Å². The van der Waals surface area contributed by atoms with Crippen LogP contribution in [-0.4, -0.2) is 41.4 Å². The predicted octanol–water partition coefficient (Wildman–Crippen LogP) is 3.27. The summed E-state index contributed by atoms with van der Waals surface area (Å²) in [6.07, 6.45) is 4.71. The zero-order valence-corrected chi connectivity index (χ0v) is 19.0. The van der Waals surface area contributed by atoms with Gasteiger partial charge in [-0.1, -0.05) is 0 Å². The van der Waals surface area contributed by atoms with Gasteiger partial charge >= 0.3 is 0 Å². The van der Waals surface area contributed by atoms with Crippen molar-refractivity contribution in [3.63, 3.8) is 0 Å². The van der Waals surface area contributed by atoms with E-state index >= 15 is 0 Å². The molecule has 31 heavy (non-hydrogen) atoms. The zero-order chi connectivity index (χ0) is 20.0. The molecule has 2 atom stereocenters. The van der Waals surface area contributed by atoms with Crippen LogP contribution in [0.5, 0.6) is 11.5 Å². The fourth-order valence-corrected chi connectivity index (χ4v) is 4.64. The number of piperidine rings is 1. The van der Waals surface area contributed by atoms with Gasteiger partial charge < -0.3 is 19.4 Å². The topological polar surface area (TPSA) is 70.3 Å². The van der Waals surface area contributed by atoms with Crippen molar-refractivity contribution < 1.29 is 9.47 Å². The highest BCUT2D eigenvalue weighted by atomic mass is 35.5. The van der Waals surface area contributed by atoms with Gasteiger partial charge in [-0.3, -0.25) is 9.36 Å². The minimum absolute atomic E-state index is 0. The van der Waals surface area contributed by atoms with Crippen molar-refractivity contribution in [1.82, 2.24) is 19.4 Å². The molecule has 2 bridgehead atoms. The van der Waals surface area contributed by atoms with E-state index < -0.39 is 0 Å². The molecule has 166 valence electrons. The second-order valence-corrected chi connectivity index (χ2v) is 7.70. The second-order valence-electron chi connectivity index (χ2n) is 7.70. The highest BCUT2D eigenvalue weighted by Gasteiger charge is 2.31. The number of nitrogens with one attached hydrogen (secondary N) is 1. The summed E-state index contributed by atoms with van der Waals surface area (Å²) in [6, 6.07) is 9.62. The van der Waals surface area contributed by atoms with Crippen LogP contribution < -0.4 is 20.3 Å². The minimum Gasteiger partial charge on any atom is -0.497 e. The molecule has 0 saturated carbocycles. The Morgan fingerprint density at radius 3 is 2.71 bits per heavy atom. The van der Waals surface area contributed by atoms with E-state index in [9.17, 15) is 4.79 Å². The third-order valence-electron chi connectivity index (χ3n) is 6.04. The number of imidazole rings is 1. The lowest BCUT2D eigenvalue weighted by atomic mass is 9.84. The molecule has 2 aliphatic rings. The van der Waals surface area contributed by atoms with Gasteiger partial charge in [0.15, 0.2) is 0 Å². The van der Waals surface area contributed by atoms with E-state index in [0.717, 1.165) is 37.4 Å². The Bertz CT molecular complexity index is 1130. The Kier molecular flexibility index (Phi) is 6.99. The highest BCUT2D eigenvalue weighted by molar-refractivity contribution is 5.85. The van der Waals surface area contributed by atoms with Gasteiger partial charge in [-0.15, -0.1) is 24.8 Å². The number of aromatic nitrogens is 3. The van der Waals surface area contributed by atoms with Crippen LogP contribution >= 0.6 is 24.8 Å². The zero-order valence-electron chi connectivity index (χ0n) is 17.4. The van der Waals surface area contributed by atoms with Crippen LogP contribution in [0.2, 0.25) is 0 Å². The molecule has 7 nitrogen and oxygen atoms in total. The summed E-state index contributed by atoms with van der Waals surface area (Å²) in [4.78, 5) is 17.9. The molecule has 5 rings (SSSR count). The number of hydrogen-bond acceptors (Lipinski definition) is 5. The standard InChI is InChI=1S/C22H24N4O3.2ClH/c1-28-16-3-5-19(20(10-16)29-2)25-8-7-24-21(25)17-4-6-18-15-9-14(11-23-12-15)13-26(18)22(17)27;;/h3-8,10,14-15,23H,9,11-13H2,1-2H3;2*1H/t14-,15+;;/m0../s1. The first-order valence-electron chi connectivity index (χ1n) is 9.90. The molecule has 9 heteroatoms. The highest BCUT2D eigenvalue weighted by Crippen LogP contribution is 2.34. The van der Waals surface area contributed by atoms with Gasteiger partial charge in [-0.05, 0) is 43.1 Å². The normalized spacial score (nSPS) is 18.9. The van der Waals surface area contributed by atoms with Crippen LogP contribution in [0, 0.1) is 5.92 Å². The molecule has 3 aromatic rings. The average Bonchev–Trinajstić information content (AvgIpc) is 3.23. The van der Waals surface area contributed by atoms with Crippen molar-refractivity contribution in [2.45, 2.75) is 18.9 Å². The third-order valence-corrected chi connectivity index (χ3v) is 6.04. The SMILES string of the molecule is COc1ccc(-n2ccnc2-c2ccc3n(c2=O)C[C@@H]2CNC[C@H]3C2)c(OC)c1.Cl.Cl. The molecule has 1 aromatic carbocycles. The van der Waals surface area contributed by atoms with Gasteiger partial charge in [-0.2, -0.15) is 0 Å². The smallest absolute Gasteiger partial charge is 0.261 e. The maximum Gasteiger partial charge on any atom is 0.261 e. The predicted molar refractivity (Wildman–Crippen MR) is 125 cm³/mol. The van der Waals surface area contributed by atoms with Gasteiger partial charge in [0.05, 0.1) is 25.5 Å².